The van der Waals surface area contributed by atoms with E-state index in [1.807, 2.05) is 0 Å². The zero-order valence-corrected chi connectivity index (χ0v) is 4.51. The summed E-state index contributed by atoms with van der Waals surface area (Å²) < 4.78 is 35.7. The molecule has 46 valence electrons. The van der Waals surface area contributed by atoms with Gasteiger partial charge in [-0.05, 0) is 0 Å². The maximum atomic E-state index is 11.1. The Morgan fingerprint density at radius 3 is 2.12 bits per heavy atom. The Bertz CT molecular complexity index is 102. The molecule has 0 amide bonds. The van der Waals surface area contributed by atoms with Gasteiger partial charge in [-0.2, -0.15) is 13.2 Å². The van der Waals surface area contributed by atoms with Gasteiger partial charge in [-0.15, -0.1) is 0 Å². The Morgan fingerprint density at radius 2 is 2.00 bits per heavy atom. The van der Waals surface area contributed by atoms with E-state index in [4.69, 9.17) is 6.57 Å². The molecule has 5 heteroatoms. The van der Waals surface area contributed by atoms with Gasteiger partial charge in [0.05, 0.1) is 0 Å². The molecule has 0 bridgehead atoms. The second-order valence-electron chi connectivity index (χ2n) is 0.980. The topological polar surface area (TPSA) is 4.36 Å². The monoisotopic (exact) mass is 141 g/mol. The number of alkyl halides is 3. The molecule has 0 aliphatic carbocycles. The summed E-state index contributed by atoms with van der Waals surface area (Å²) in [5.41, 5.74) is 0. The molecule has 0 unspecified atom stereocenters. The van der Waals surface area contributed by atoms with E-state index in [-0.39, 0.29) is 11.9 Å². The van der Waals surface area contributed by atoms with Crippen molar-refractivity contribution in [3.63, 3.8) is 0 Å². The number of hydrogen-bond acceptors (Lipinski definition) is 1. The minimum Gasteiger partial charge on any atom is -0.229 e. The minimum absolute atomic E-state index is 0.182. The highest BCUT2D eigenvalue weighted by Crippen LogP contribution is 2.20. The number of rotatable bonds is 1. The summed E-state index contributed by atoms with van der Waals surface area (Å²) in [4.78, 5) is 0. The Balaban J connectivity index is 3.28. The van der Waals surface area contributed by atoms with Crippen molar-refractivity contribution >= 4 is 11.9 Å². The maximum absolute atomic E-state index is 11.1. The van der Waals surface area contributed by atoms with Crippen molar-refractivity contribution in [1.29, 1.82) is 0 Å². The van der Waals surface area contributed by atoms with Gasteiger partial charge >= 0.3 is 6.18 Å². The molecule has 0 aromatic carbocycles. The molecule has 0 aliphatic heterocycles. The fourth-order valence-corrected chi connectivity index (χ4v) is 0.316. The molecule has 0 aromatic heterocycles. The first-order valence-electron chi connectivity index (χ1n) is 1.62. The van der Waals surface area contributed by atoms with Crippen LogP contribution in [-0.2, 0) is 0 Å². The van der Waals surface area contributed by atoms with Gasteiger partial charge in [0, 0.05) is 0 Å². The first-order valence-corrected chi connectivity index (χ1v) is 2.56. The van der Waals surface area contributed by atoms with Crippen LogP contribution in [0.1, 0.15) is 0 Å². The zero-order valence-electron chi connectivity index (χ0n) is 3.70. The van der Waals surface area contributed by atoms with Gasteiger partial charge < -0.3 is 0 Å². The second-order valence-corrected chi connectivity index (χ2v) is 1.71. The maximum Gasteiger partial charge on any atom is 0.404 e. The summed E-state index contributed by atoms with van der Waals surface area (Å²) in [7, 11) is 0. The smallest absolute Gasteiger partial charge is 0.229 e. The largest absolute Gasteiger partial charge is 0.404 e. The van der Waals surface area contributed by atoms with Crippen LogP contribution in [0.4, 0.5) is 13.2 Å². The molecule has 0 atom stereocenters. The second kappa shape index (κ2) is 2.82. The average Bonchev–Trinajstić information content (AvgIpc) is 1.59. The highest BCUT2D eigenvalue weighted by molar-refractivity contribution is 8.01. The van der Waals surface area contributed by atoms with E-state index in [1.54, 1.807) is 0 Å². The standard InChI is InChI=1S/C3H2F3NS/c1-7-8-2-3(4,5)6/h2H2. The third-order valence-electron chi connectivity index (χ3n) is 0.293. The molecule has 0 aliphatic rings. The van der Waals surface area contributed by atoms with Crippen molar-refractivity contribution in [1.82, 2.24) is 0 Å². The summed E-state index contributed by atoms with van der Waals surface area (Å²) in [6.07, 6.45) is -4.20. The summed E-state index contributed by atoms with van der Waals surface area (Å²) >= 11 is 0.182. The quantitative estimate of drug-likeness (QED) is 0.399. The molecule has 0 rings (SSSR count). The predicted octanol–water partition coefficient (Wildman–Crippen LogP) is 2.12. The van der Waals surface area contributed by atoms with Gasteiger partial charge in [0.25, 0.3) is 11.9 Å². The van der Waals surface area contributed by atoms with Crippen LogP contribution in [0.25, 0.3) is 4.25 Å². The third-order valence-corrected chi connectivity index (χ3v) is 0.878. The van der Waals surface area contributed by atoms with Crippen LogP contribution in [0, 0.1) is 6.57 Å². The van der Waals surface area contributed by atoms with Gasteiger partial charge in [0.15, 0.2) is 5.75 Å². The Labute approximate surface area is 48.8 Å². The number of halogens is 3. The van der Waals surface area contributed by atoms with E-state index in [9.17, 15) is 13.2 Å². The summed E-state index contributed by atoms with van der Waals surface area (Å²) in [6, 6.07) is 0. The van der Waals surface area contributed by atoms with E-state index >= 15 is 0 Å². The third kappa shape index (κ3) is 5.63. The lowest BCUT2D eigenvalue weighted by Crippen LogP contribution is -2.09. The van der Waals surface area contributed by atoms with Crippen molar-refractivity contribution in [2.45, 2.75) is 6.18 Å². The highest BCUT2D eigenvalue weighted by atomic mass is 32.2. The van der Waals surface area contributed by atoms with Gasteiger partial charge in [-0.1, -0.05) is 0 Å². The van der Waals surface area contributed by atoms with Crippen molar-refractivity contribution in [3.05, 3.63) is 10.8 Å². The van der Waals surface area contributed by atoms with Crippen LogP contribution >= 0.6 is 11.9 Å². The van der Waals surface area contributed by atoms with Crippen molar-refractivity contribution < 1.29 is 13.2 Å². The van der Waals surface area contributed by atoms with E-state index in [0.717, 1.165) is 0 Å². The van der Waals surface area contributed by atoms with Crippen LogP contribution in [0.2, 0.25) is 0 Å². The SMILES string of the molecule is [C-]#[N+]SCC(F)(F)F. The first kappa shape index (κ1) is 7.63. The number of nitrogens with zero attached hydrogens (tertiary/aromatic N) is 1. The molecule has 0 fully saturated rings. The summed E-state index contributed by atoms with van der Waals surface area (Å²) in [6.45, 7) is 5.97. The van der Waals surface area contributed by atoms with Crippen LogP contribution in [-0.4, -0.2) is 11.9 Å². The van der Waals surface area contributed by atoms with Crippen LogP contribution in [0.3, 0.4) is 0 Å². The Kier molecular flexibility index (Phi) is 2.69. The van der Waals surface area contributed by atoms with Crippen LogP contribution in [0.15, 0.2) is 0 Å². The normalized spacial score (nSPS) is 10.8. The molecule has 1 nitrogen and oxygen atoms in total. The predicted molar refractivity (Wildman–Crippen MR) is 25.1 cm³/mol. The van der Waals surface area contributed by atoms with Crippen molar-refractivity contribution in [2.24, 2.45) is 0 Å². The fourth-order valence-electron chi connectivity index (χ4n) is 0.105. The van der Waals surface area contributed by atoms with E-state index in [0.29, 0.717) is 0 Å². The van der Waals surface area contributed by atoms with Crippen molar-refractivity contribution in [2.75, 3.05) is 5.75 Å². The molecule has 0 aromatic rings. The molecule has 0 saturated carbocycles. The summed E-state index contributed by atoms with van der Waals surface area (Å²) in [5, 5.41) is 0. The van der Waals surface area contributed by atoms with Crippen LogP contribution < -0.4 is 0 Å². The lowest BCUT2D eigenvalue weighted by atomic mass is 10.8. The minimum atomic E-state index is -4.20. The van der Waals surface area contributed by atoms with Gasteiger partial charge in [-0.25, -0.2) is 10.8 Å². The van der Waals surface area contributed by atoms with E-state index < -0.39 is 11.9 Å². The molecule has 0 N–H and O–H groups in total. The van der Waals surface area contributed by atoms with Gasteiger partial charge in [0.2, 0.25) is 0 Å². The zero-order chi connectivity index (χ0) is 6.62. The highest BCUT2D eigenvalue weighted by Gasteiger charge is 2.29. The molecule has 0 spiro atoms. The molecule has 8 heavy (non-hydrogen) atoms. The van der Waals surface area contributed by atoms with Gasteiger partial charge in [0.1, 0.15) is 0 Å². The summed E-state index contributed by atoms with van der Waals surface area (Å²) in [5.74, 6) is -1.07. The average molecular weight is 141 g/mol. The van der Waals surface area contributed by atoms with Gasteiger partial charge in [-0.3, -0.25) is 0 Å². The molecule has 0 radical (unpaired) electrons. The Morgan fingerprint density at radius 1 is 1.50 bits per heavy atom. The van der Waals surface area contributed by atoms with Crippen molar-refractivity contribution in [3.8, 4) is 0 Å². The molecular formula is C3H2F3NS. The van der Waals surface area contributed by atoms with E-state index in [1.165, 1.54) is 0 Å². The van der Waals surface area contributed by atoms with E-state index in [2.05, 4.69) is 4.25 Å². The first-order chi connectivity index (χ1) is 3.56. The molecule has 0 heterocycles. The lowest BCUT2D eigenvalue weighted by molar-refractivity contribution is -0.105. The fraction of sp³-hybridized carbons (Fsp3) is 0.667. The Hall–Kier alpha value is -0.370. The lowest BCUT2D eigenvalue weighted by Gasteiger charge is -1.95. The molecule has 0 saturated heterocycles. The number of hydrogen-bond donors (Lipinski definition) is 0. The molecular weight excluding hydrogens is 139 g/mol. The van der Waals surface area contributed by atoms with Crippen LogP contribution in [0.5, 0.6) is 0 Å².